The van der Waals surface area contributed by atoms with Crippen LogP contribution in [0.2, 0.25) is 0 Å². The van der Waals surface area contributed by atoms with Gasteiger partial charge in [-0.1, -0.05) is 70.4 Å². The van der Waals surface area contributed by atoms with Gasteiger partial charge in [-0.15, -0.1) is 0 Å². The summed E-state index contributed by atoms with van der Waals surface area (Å²) in [6, 6.07) is 6.47. The molecule has 1 aromatic carbocycles. The summed E-state index contributed by atoms with van der Waals surface area (Å²) in [5.41, 5.74) is -0.0342. The highest BCUT2D eigenvalue weighted by molar-refractivity contribution is 6.38. The number of nitrogens with one attached hydrogen (secondary N) is 4. The first kappa shape index (κ1) is 35.9. The van der Waals surface area contributed by atoms with E-state index in [4.69, 9.17) is 4.74 Å². The number of hydrogen-bond acceptors (Lipinski definition) is 7. The second kappa shape index (κ2) is 14.9. The van der Waals surface area contributed by atoms with Crippen molar-refractivity contribution in [1.82, 2.24) is 26.2 Å². The quantitative estimate of drug-likeness (QED) is 0.238. The molecule has 3 aliphatic rings. The van der Waals surface area contributed by atoms with E-state index in [1.54, 1.807) is 25.7 Å². The molecule has 0 spiro atoms. The lowest BCUT2D eigenvalue weighted by Gasteiger charge is -2.35. The van der Waals surface area contributed by atoms with E-state index in [-0.39, 0.29) is 48.6 Å². The third-order valence-electron chi connectivity index (χ3n) is 9.75. The van der Waals surface area contributed by atoms with E-state index < -0.39 is 53.3 Å². The number of fused-ring (bicyclic) bond motifs is 1. The predicted molar refractivity (Wildman–Crippen MR) is 175 cm³/mol. The summed E-state index contributed by atoms with van der Waals surface area (Å²) in [6.45, 7) is 11.5. The first-order valence-corrected chi connectivity index (χ1v) is 16.9. The average molecular weight is 654 g/mol. The Morgan fingerprint density at radius 1 is 0.979 bits per heavy atom. The zero-order chi connectivity index (χ0) is 34.5. The number of hydrogen-bond donors (Lipinski definition) is 4. The standard InChI is InChI=1S/C35H51N5O7/c1-7-13-24(29(42)31(44)37-19-25(41)36-18-21-14-9-8-10-15-21)38-30(43)28-26-23(35(26,5)6)20-40(28)32(45)27(22-16-11-12-17-22)39-33(46)47-34(2,3)4/h8-10,14-15,22-24,26-28H,7,11-13,16-20H2,1-6H3,(H,36,41)(H,37,44)(H,38,43)(H,39,46)/t23-,24?,26-,27-,28-/m0/s1. The van der Waals surface area contributed by atoms with Gasteiger partial charge in [0.25, 0.3) is 5.91 Å². The molecular weight excluding hydrogens is 602 g/mol. The van der Waals surface area contributed by atoms with E-state index in [9.17, 15) is 28.8 Å². The van der Waals surface area contributed by atoms with Crippen molar-refractivity contribution in [3.8, 4) is 0 Å². The van der Waals surface area contributed by atoms with Crippen LogP contribution < -0.4 is 21.3 Å². The molecule has 258 valence electrons. The van der Waals surface area contributed by atoms with Crippen LogP contribution in [0.1, 0.15) is 85.6 Å². The fourth-order valence-electron chi connectivity index (χ4n) is 7.18. The van der Waals surface area contributed by atoms with Crippen molar-refractivity contribution in [3.05, 3.63) is 35.9 Å². The van der Waals surface area contributed by atoms with Crippen molar-refractivity contribution >= 4 is 35.5 Å². The van der Waals surface area contributed by atoms with Crippen molar-refractivity contribution in [3.63, 3.8) is 0 Å². The highest BCUT2D eigenvalue weighted by Gasteiger charge is 2.69. The van der Waals surface area contributed by atoms with Gasteiger partial charge in [-0.05, 0) is 68.8 Å². The van der Waals surface area contributed by atoms with E-state index in [0.29, 0.717) is 13.0 Å². The molecule has 4 rings (SSSR count). The Morgan fingerprint density at radius 2 is 1.64 bits per heavy atom. The first-order valence-electron chi connectivity index (χ1n) is 16.9. The third kappa shape index (κ3) is 8.90. The number of Topliss-reactive ketones (excluding diaryl/α,β-unsaturated/α-hetero) is 1. The minimum atomic E-state index is -1.12. The van der Waals surface area contributed by atoms with Crippen LogP contribution >= 0.6 is 0 Å². The predicted octanol–water partition coefficient (Wildman–Crippen LogP) is 2.84. The molecule has 12 heteroatoms. The van der Waals surface area contributed by atoms with Crippen molar-refractivity contribution in [2.24, 2.45) is 23.2 Å². The molecule has 5 atom stereocenters. The van der Waals surface area contributed by atoms with Gasteiger partial charge in [0.05, 0.1) is 12.6 Å². The first-order chi connectivity index (χ1) is 22.1. The Hall–Kier alpha value is -3.96. The fraction of sp³-hybridized carbons (Fsp3) is 0.657. The van der Waals surface area contributed by atoms with Crippen molar-refractivity contribution < 1.29 is 33.5 Å². The fourth-order valence-corrected chi connectivity index (χ4v) is 7.18. The number of amides is 5. The summed E-state index contributed by atoms with van der Waals surface area (Å²) in [7, 11) is 0. The van der Waals surface area contributed by atoms with E-state index in [0.717, 1.165) is 31.2 Å². The van der Waals surface area contributed by atoms with Crippen LogP contribution in [0, 0.1) is 23.2 Å². The molecule has 1 aromatic rings. The van der Waals surface area contributed by atoms with E-state index in [1.165, 1.54) is 0 Å². The summed E-state index contributed by atoms with van der Waals surface area (Å²) in [4.78, 5) is 80.9. The van der Waals surface area contributed by atoms with Gasteiger partial charge in [-0.3, -0.25) is 24.0 Å². The summed E-state index contributed by atoms with van der Waals surface area (Å²) >= 11 is 0. The van der Waals surface area contributed by atoms with Crippen LogP contribution in [0.4, 0.5) is 4.79 Å². The monoisotopic (exact) mass is 653 g/mol. The van der Waals surface area contributed by atoms with Gasteiger partial charge in [0.15, 0.2) is 0 Å². The van der Waals surface area contributed by atoms with Gasteiger partial charge in [0.2, 0.25) is 23.5 Å². The Bertz CT molecular complexity index is 1340. The highest BCUT2D eigenvalue weighted by atomic mass is 16.6. The second-order valence-corrected chi connectivity index (χ2v) is 14.7. The summed E-state index contributed by atoms with van der Waals surface area (Å²) in [5, 5.41) is 10.7. The molecule has 47 heavy (non-hydrogen) atoms. The molecule has 0 aromatic heterocycles. The van der Waals surface area contributed by atoms with Crippen LogP contribution in [-0.2, 0) is 35.3 Å². The zero-order valence-corrected chi connectivity index (χ0v) is 28.5. The molecule has 4 N–H and O–H groups in total. The molecule has 2 saturated carbocycles. The number of ketones is 1. The summed E-state index contributed by atoms with van der Waals surface area (Å²) in [6.07, 6.45) is 3.50. The number of nitrogens with zero attached hydrogens (tertiary/aromatic N) is 1. The molecule has 1 heterocycles. The summed E-state index contributed by atoms with van der Waals surface area (Å²) < 4.78 is 5.47. The Kier molecular flexibility index (Phi) is 11.3. The van der Waals surface area contributed by atoms with Crippen LogP contribution in [-0.4, -0.2) is 77.2 Å². The summed E-state index contributed by atoms with van der Waals surface area (Å²) in [5.74, 6) is -3.22. The lowest BCUT2D eigenvalue weighted by atomic mass is 9.94. The third-order valence-corrected chi connectivity index (χ3v) is 9.75. The number of rotatable bonds is 13. The molecule has 1 unspecified atom stereocenters. The SMILES string of the molecule is CCCC(NC(=O)[C@@H]1[C@@H]2[C@H](CN1C(=O)[C@@H](NC(=O)OC(C)(C)C)C1CCCC1)C2(C)C)C(=O)C(=O)NCC(=O)NCc1ccccc1. The lowest BCUT2D eigenvalue weighted by molar-refractivity contribution is -0.145. The van der Waals surface area contributed by atoms with E-state index in [1.807, 2.05) is 37.3 Å². The Morgan fingerprint density at radius 3 is 2.26 bits per heavy atom. The van der Waals surface area contributed by atoms with Gasteiger partial charge in [0.1, 0.15) is 17.7 Å². The van der Waals surface area contributed by atoms with E-state index >= 15 is 0 Å². The van der Waals surface area contributed by atoms with Crippen LogP contribution in [0.3, 0.4) is 0 Å². The van der Waals surface area contributed by atoms with Gasteiger partial charge in [-0.2, -0.15) is 0 Å². The number of carbonyl (C=O) groups excluding carboxylic acids is 6. The highest BCUT2D eigenvalue weighted by Crippen LogP contribution is 2.65. The average Bonchev–Trinajstić information content (AvgIpc) is 3.45. The number of ether oxygens (including phenoxy) is 1. The minimum Gasteiger partial charge on any atom is -0.444 e. The number of carbonyl (C=O) groups is 6. The van der Waals surface area contributed by atoms with Crippen LogP contribution in [0.5, 0.6) is 0 Å². The second-order valence-electron chi connectivity index (χ2n) is 14.7. The van der Waals surface area contributed by atoms with Gasteiger partial charge < -0.3 is 30.9 Å². The maximum atomic E-state index is 14.2. The van der Waals surface area contributed by atoms with Gasteiger partial charge in [-0.25, -0.2) is 4.79 Å². The molecular formula is C35H51N5O7. The normalized spacial score (nSPS) is 22.8. The number of alkyl carbamates (subject to hydrolysis) is 1. The molecule has 0 bridgehead atoms. The molecule has 2 aliphatic carbocycles. The van der Waals surface area contributed by atoms with Gasteiger partial charge in [0, 0.05) is 13.1 Å². The van der Waals surface area contributed by atoms with Crippen molar-refractivity contribution in [2.45, 2.75) is 110 Å². The van der Waals surface area contributed by atoms with Gasteiger partial charge >= 0.3 is 6.09 Å². The topological polar surface area (TPSA) is 163 Å². The minimum absolute atomic E-state index is 0.0772. The maximum absolute atomic E-state index is 14.2. The Balaban J connectivity index is 1.42. The Labute approximate surface area is 277 Å². The van der Waals surface area contributed by atoms with Crippen LogP contribution in [0.25, 0.3) is 0 Å². The smallest absolute Gasteiger partial charge is 0.408 e. The molecule has 1 saturated heterocycles. The molecule has 3 fully saturated rings. The number of benzene rings is 1. The van der Waals surface area contributed by atoms with Crippen LogP contribution in [0.15, 0.2) is 30.3 Å². The largest absolute Gasteiger partial charge is 0.444 e. The maximum Gasteiger partial charge on any atom is 0.408 e. The lowest BCUT2D eigenvalue weighted by Crippen LogP contribution is -2.59. The molecule has 1 aliphatic heterocycles. The molecule has 12 nitrogen and oxygen atoms in total. The number of likely N-dealkylation sites (tertiary alicyclic amines) is 1. The molecule has 0 radical (unpaired) electrons. The van der Waals surface area contributed by atoms with Crippen molar-refractivity contribution in [1.29, 1.82) is 0 Å². The zero-order valence-electron chi connectivity index (χ0n) is 28.5. The van der Waals surface area contributed by atoms with Crippen molar-refractivity contribution in [2.75, 3.05) is 13.1 Å². The molecule has 5 amide bonds. The van der Waals surface area contributed by atoms with E-state index in [2.05, 4.69) is 35.1 Å². The number of piperidine rings is 1.